The van der Waals surface area contributed by atoms with E-state index in [0.717, 1.165) is 19.5 Å². The van der Waals surface area contributed by atoms with E-state index in [0.29, 0.717) is 38.9 Å². The van der Waals surface area contributed by atoms with Gasteiger partial charge in [-0.15, -0.1) is 0 Å². The van der Waals surface area contributed by atoms with Gasteiger partial charge in [-0.3, -0.25) is 4.79 Å². The molecule has 0 bridgehead atoms. The Morgan fingerprint density at radius 3 is 2.45 bits per heavy atom. The summed E-state index contributed by atoms with van der Waals surface area (Å²) >= 11 is 0. The van der Waals surface area contributed by atoms with E-state index in [9.17, 15) is 13.2 Å². The number of amides is 1. The number of hydrogen-bond acceptors (Lipinski definition) is 4. The van der Waals surface area contributed by atoms with Crippen molar-refractivity contribution in [3.8, 4) is 0 Å². The molecule has 0 aromatic rings. The van der Waals surface area contributed by atoms with Crippen LogP contribution in [0.2, 0.25) is 0 Å². The molecule has 0 spiro atoms. The SMILES string of the molecule is CCCCS(=O)(=O)N1CCC(C(=O)NCCN(C)CC)CC1. The van der Waals surface area contributed by atoms with Gasteiger partial charge in [0.2, 0.25) is 15.9 Å². The molecular formula is C15H31N3O3S. The third kappa shape index (κ3) is 6.22. The molecule has 1 aliphatic rings. The van der Waals surface area contributed by atoms with Crippen LogP contribution in [0.25, 0.3) is 0 Å². The monoisotopic (exact) mass is 333 g/mol. The molecule has 22 heavy (non-hydrogen) atoms. The Balaban J connectivity index is 2.34. The van der Waals surface area contributed by atoms with Crippen LogP contribution in [0.4, 0.5) is 0 Å². The number of unbranched alkanes of at least 4 members (excludes halogenated alkanes) is 1. The average Bonchev–Trinajstić information content (AvgIpc) is 2.52. The van der Waals surface area contributed by atoms with Gasteiger partial charge in [-0.05, 0) is 32.9 Å². The summed E-state index contributed by atoms with van der Waals surface area (Å²) in [7, 11) is -1.11. The summed E-state index contributed by atoms with van der Waals surface area (Å²) in [6.45, 7) is 7.46. The van der Waals surface area contributed by atoms with Crippen molar-refractivity contribution in [2.45, 2.75) is 39.5 Å². The van der Waals surface area contributed by atoms with Crippen molar-refractivity contribution in [1.82, 2.24) is 14.5 Å². The Morgan fingerprint density at radius 2 is 1.91 bits per heavy atom. The molecule has 0 unspecified atom stereocenters. The highest BCUT2D eigenvalue weighted by atomic mass is 32.2. The van der Waals surface area contributed by atoms with Crippen molar-refractivity contribution in [1.29, 1.82) is 0 Å². The van der Waals surface area contributed by atoms with Gasteiger partial charge >= 0.3 is 0 Å². The van der Waals surface area contributed by atoms with E-state index in [-0.39, 0.29) is 17.6 Å². The van der Waals surface area contributed by atoms with Gasteiger partial charge in [0.15, 0.2) is 0 Å². The predicted molar refractivity (Wildman–Crippen MR) is 89.2 cm³/mol. The summed E-state index contributed by atoms with van der Waals surface area (Å²) in [5.41, 5.74) is 0. The number of nitrogens with one attached hydrogen (secondary N) is 1. The summed E-state index contributed by atoms with van der Waals surface area (Å²) in [6, 6.07) is 0. The second kappa shape index (κ2) is 9.47. The van der Waals surface area contributed by atoms with Crippen molar-refractivity contribution >= 4 is 15.9 Å². The molecule has 0 atom stereocenters. The summed E-state index contributed by atoms with van der Waals surface area (Å²) < 4.78 is 25.8. The van der Waals surface area contributed by atoms with Gasteiger partial charge in [0, 0.05) is 32.1 Å². The molecule has 130 valence electrons. The summed E-state index contributed by atoms with van der Waals surface area (Å²) in [5.74, 6) is 0.239. The minimum atomic E-state index is -3.13. The van der Waals surface area contributed by atoms with E-state index in [4.69, 9.17) is 0 Å². The van der Waals surface area contributed by atoms with Crippen molar-refractivity contribution in [2.75, 3.05) is 45.5 Å². The number of piperidine rings is 1. The van der Waals surface area contributed by atoms with E-state index in [1.165, 1.54) is 0 Å². The van der Waals surface area contributed by atoms with Crippen molar-refractivity contribution in [3.63, 3.8) is 0 Å². The van der Waals surface area contributed by atoms with Gasteiger partial charge in [0.25, 0.3) is 0 Å². The first-order chi connectivity index (χ1) is 10.4. The second-order valence-corrected chi connectivity index (χ2v) is 8.12. The van der Waals surface area contributed by atoms with E-state index in [1.54, 1.807) is 4.31 Å². The number of hydrogen-bond donors (Lipinski definition) is 1. The maximum atomic E-state index is 12.1. The van der Waals surface area contributed by atoms with Crippen molar-refractivity contribution in [3.05, 3.63) is 0 Å². The van der Waals surface area contributed by atoms with E-state index < -0.39 is 10.0 Å². The largest absolute Gasteiger partial charge is 0.355 e. The number of nitrogens with zero attached hydrogens (tertiary/aromatic N) is 2. The Morgan fingerprint density at radius 1 is 1.27 bits per heavy atom. The molecule has 0 saturated carbocycles. The second-order valence-electron chi connectivity index (χ2n) is 6.03. The number of sulfonamides is 1. The van der Waals surface area contributed by atoms with Crippen LogP contribution >= 0.6 is 0 Å². The molecule has 0 aromatic carbocycles. The highest BCUT2D eigenvalue weighted by Gasteiger charge is 2.30. The Bertz CT molecular complexity index is 431. The molecule has 6 nitrogen and oxygen atoms in total. The fourth-order valence-corrected chi connectivity index (χ4v) is 4.20. The van der Waals surface area contributed by atoms with E-state index in [1.807, 2.05) is 14.0 Å². The third-order valence-corrected chi connectivity index (χ3v) is 6.26. The maximum Gasteiger partial charge on any atom is 0.223 e. The molecule has 1 aliphatic heterocycles. The lowest BCUT2D eigenvalue weighted by Gasteiger charge is -2.30. The molecule has 1 N–H and O–H groups in total. The van der Waals surface area contributed by atoms with Crippen molar-refractivity contribution < 1.29 is 13.2 Å². The molecular weight excluding hydrogens is 302 g/mol. The lowest BCUT2D eigenvalue weighted by atomic mass is 9.97. The lowest BCUT2D eigenvalue weighted by Crippen LogP contribution is -2.44. The average molecular weight is 333 g/mol. The van der Waals surface area contributed by atoms with Gasteiger partial charge in [0.1, 0.15) is 0 Å². The fraction of sp³-hybridized carbons (Fsp3) is 0.933. The van der Waals surface area contributed by atoms with Crippen LogP contribution in [0.3, 0.4) is 0 Å². The highest BCUT2D eigenvalue weighted by molar-refractivity contribution is 7.89. The van der Waals surface area contributed by atoms with E-state index >= 15 is 0 Å². The van der Waals surface area contributed by atoms with Gasteiger partial charge in [-0.2, -0.15) is 0 Å². The predicted octanol–water partition coefficient (Wildman–Crippen LogP) is 0.896. The summed E-state index contributed by atoms with van der Waals surface area (Å²) in [6.07, 6.45) is 2.83. The first-order valence-corrected chi connectivity index (χ1v) is 9.95. The van der Waals surface area contributed by atoms with Crippen LogP contribution in [-0.2, 0) is 14.8 Å². The van der Waals surface area contributed by atoms with Gasteiger partial charge < -0.3 is 10.2 Å². The normalized spacial score (nSPS) is 17.8. The first-order valence-electron chi connectivity index (χ1n) is 8.34. The maximum absolute atomic E-state index is 12.1. The molecule has 0 radical (unpaired) electrons. The molecule has 0 aliphatic carbocycles. The van der Waals surface area contributed by atoms with Crippen LogP contribution in [0.1, 0.15) is 39.5 Å². The quantitative estimate of drug-likeness (QED) is 0.680. The minimum Gasteiger partial charge on any atom is -0.355 e. The molecule has 1 rings (SSSR count). The zero-order chi connectivity index (χ0) is 16.6. The van der Waals surface area contributed by atoms with E-state index in [2.05, 4.69) is 17.1 Å². The van der Waals surface area contributed by atoms with Gasteiger partial charge in [-0.25, -0.2) is 12.7 Å². The number of likely N-dealkylation sites (N-methyl/N-ethyl adjacent to an activating group) is 1. The summed E-state index contributed by atoms with van der Waals surface area (Å²) in [5, 5.41) is 2.96. The highest BCUT2D eigenvalue weighted by Crippen LogP contribution is 2.20. The smallest absolute Gasteiger partial charge is 0.223 e. The minimum absolute atomic E-state index is 0.0513. The Labute approximate surface area is 135 Å². The van der Waals surface area contributed by atoms with Crippen LogP contribution in [0.5, 0.6) is 0 Å². The zero-order valence-corrected chi connectivity index (χ0v) is 15.0. The van der Waals surface area contributed by atoms with Crippen LogP contribution < -0.4 is 5.32 Å². The fourth-order valence-electron chi connectivity index (χ4n) is 2.52. The Hall–Kier alpha value is -0.660. The lowest BCUT2D eigenvalue weighted by molar-refractivity contribution is -0.126. The molecule has 1 saturated heterocycles. The van der Waals surface area contributed by atoms with Gasteiger partial charge in [0.05, 0.1) is 5.75 Å². The standard InChI is InChI=1S/C15H31N3O3S/c1-4-6-13-22(20,21)18-10-7-14(8-11-18)15(19)16-9-12-17(3)5-2/h14H,4-13H2,1-3H3,(H,16,19). The first kappa shape index (κ1) is 19.4. The topological polar surface area (TPSA) is 69.7 Å². The zero-order valence-electron chi connectivity index (χ0n) is 14.2. The molecule has 1 heterocycles. The van der Waals surface area contributed by atoms with Crippen molar-refractivity contribution in [2.24, 2.45) is 5.92 Å². The molecule has 1 fully saturated rings. The Kier molecular flexibility index (Phi) is 8.35. The number of carbonyl (C=O) groups excluding carboxylic acids is 1. The van der Waals surface area contributed by atoms with Crippen LogP contribution in [-0.4, -0.2) is 69.1 Å². The molecule has 7 heteroatoms. The van der Waals surface area contributed by atoms with Crippen LogP contribution in [0, 0.1) is 5.92 Å². The third-order valence-electron chi connectivity index (χ3n) is 4.31. The number of rotatable bonds is 9. The van der Waals surface area contributed by atoms with Crippen LogP contribution in [0.15, 0.2) is 0 Å². The summed E-state index contributed by atoms with van der Waals surface area (Å²) in [4.78, 5) is 14.2. The number of carbonyl (C=O) groups is 1. The van der Waals surface area contributed by atoms with Gasteiger partial charge in [-0.1, -0.05) is 20.3 Å². The molecule has 0 aromatic heterocycles. The molecule has 1 amide bonds.